The van der Waals surface area contributed by atoms with Gasteiger partial charge in [-0.2, -0.15) is 0 Å². The number of anilines is 2. The van der Waals surface area contributed by atoms with Crippen LogP contribution in [0.25, 0.3) is 0 Å². The van der Waals surface area contributed by atoms with Crippen LogP contribution >= 0.6 is 34.2 Å². The number of halogens is 2. The summed E-state index contributed by atoms with van der Waals surface area (Å²) < 4.78 is 6.42. The van der Waals surface area contributed by atoms with Crippen LogP contribution in [0.4, 0.5) is 11.5 Å². The van der Waals surface area contributed by atoms with Gasteiger partial charge in [0.1, 0.15) is 22.1 Å². The number of hydrogen-bond acceptors (Lipinski definition) is 4. The van der Waals surface area contributed by atoms with Gasteiger partial charge < -0.3 is 10.1 Å². The standard InChI is InChI=1S/C16H16ClIN2O2/c1-16(2,3)22-15(21)10-8-9-13(17)20-14(10)19-12-7-5-4-6-11(12)18/h4-9H,1-3H3,(H,19,20). The van der Waals surface area contributed by atoms with Gasteiger partial charge in [-0.1, -0.05) is 23.7 Å². The summed E-state index contributed by atoms with van der Waals surface area (Å²) in [6, 6.07) is 10.9. The van der Waals surface area contributed by atoms with Crippen molar-refractivity contribution < 1.29 is 9.53 Å². The summed E-state index contributed by atoms with van der Waals surface area (Å²) in [4.78, 5) is 16.5. The van der Waals surface area contributed by atoms with Crippen molar-refractivity contribution in [2.75, 3.05) is 5.32 Å². The number of carbonyl (C=O) groups is 1. The molecule has 2 rings (SSSR count). The second-order valence-electron chi connectivity index (χ2n) is 5.64. The summed E-state index contributed by atoms with van der Waals surface area (Å²) in [6.45, 7) is 5.46. The topological polar surface area (TPSA) is 51.2 Å². The first-order valence-electron chi connectivity index (χ1n) is 6.68. The number of aromatic nitrogens is 1. The maximum atomic E-state index is 12.3. The van der Waals surface area contributed by atoms with Gasteiger partial charge in [-0.15, -0.1) is 0 Å². The van der Waals surface area contributed by atoms with Crippen LogP contribution in [-0.2, 0) is 4.74 Å². The Bertz CT molecular complexity index is 699. The Morgan fingerprint density at radius 3 is 2.55 bits per heavy atom. The van der Waals surface area contributed by atoms with Crippen molar-refractivity contribution in [2.45, 2.75) is 26.4 Å². The van der Waals surface area contributed by atoms with Gasteiger partial charge in [-0.3, -0.25) is 0 Å². The molecule has 0 aliphatic heterocycles. The Kier molecular flexibility index (Phi) is 5.28. The number of esters is 1. The first kappa shape index (κ1) is 17.0. The van der Waals surface area contributed by atoms with Crippen molar-refractivity contribution in [2.24, 2.45) is 0 Å². The molecule has 0 atom stereocenters. The number of hydrogen-bond donors (Lipinski definition) is 1. The molecule has 4 nitrogen and oxygen atoms in total. The molecule has 0 spiro atoms. The van der Waals surface area contributed by atoms with E-state index in [1.54, 1.807) is 12.1 Å². The molecule has 2 aromatic rings. The number of rotatable bonds is 3. The molecule has 1 heterocycles. The van der Waals surface area contributed by atoms with Crippen LogP contribution in [0.2, 0.25) is 5.15 Å². The van der Waals surface area contributed by atoms with Gasteiger partial charge in [-0.05, 0) is 67.6 Å². The van der Waals surface area contributed by atoms with Gasteiger partial charge in [0.05, 0.1) is 5.69 Å². The van der Waals surface area contributed by atoms with Crippen molar-refractivity contribution in [3.05, 3.63) is 50.7 Å². The summed E-state index contributed by atoms with van der Waals surface area (Å²) in [5, 5.41) is 3.45. The van der Waals surface area contributed by atoms with Crippen LogP contribution < -0.4 is 5.32 Å². The van der Waals surface area contributed by atoms with E-state index in [2.05, 4.69) is 32.9 Å². The number of pyridine rings is 1. The van der Waals surface area contributed by atoms with Crippen molar-refractivity contribution in [1.82, 2.24) is 4.98 Å². The van der Waals surface area contributed by atoms with Gasteiger partial charge in [0.2, 0.25) is 0 Å². The summed E-state index contributed by atoms with van der Waals surface area (Å²) in [7, 11) is 0. The minimum atomic E-state index is -0.574. The smallest absolute Gasteiger partial charge is 0.342 e. The van der Waals surface area contributed by atoms with Crippen LogP contribution in [0.15, 0.2) is 36.4 Å². The minimum absolute atomic E-state index is 0.306. The normalized spacial score (nSPS) is 11.1. The molecule has 116 valence electrons. The fourth-order valence-corrected chi connectivity index (χ4v) is 2.39. The molecule has 0 amide bonds. The molecule has 6 heteroatoms. The third kappa shape index (κ3) is 4.58. The molecular weight excluding hydrogens is 415 g/mol. The summed E-state index contributed by atoms with van der Waals surface area (Å²) in [6.07, 6.45) is 0. The number of carbonyl (C=O) groups excluding carboxylic acids is 1. The SMILES string of the molecule is CC(C)(C)OC(=O)c1ccc(Cl)nc1Nc1ccccc1I. The predicted octanol–water partition coefficient (Wildman–Crippen LogP) is 5.04. The molecular formula is C16H16ClIN2O2. The van der Waals surface area contributed by atoms with Gasteiger partial charge in [0.25, 0.3) is 0 Å². The zero-order valence-corrected chi connectivity index (χ0v) is 15.4. The van der Waals surface area contributed by atoms with E-state index in [0.717, 1.165) is 9.26 Å². The molecule has 0 bridgehead atoms. The Balaban J connectivity index is 2.36. The third-order valence-electron chi connectivity index (χ3n) is 2.61. The highest BCUT2D eigenvalue weighted by Gasteiger charge is 2.21. The van der Waals surface area contributed by atoms with E-state index in [1.165, 1.54) is 0 Å². The number of nitrogens with zero attached hydrogens (tertiary/aromatic N) is 1. The van der Waals surface area contributed by atoms with Crippen LogP contribution in [0.1, 0.15) is 31.1 Å². The highest BCUT2D eigenvalue weighted by molar-refractivity contribution is 14.1. The van der Waals surface area contributed by atoms with E-state index in [9.17, 15) is 4.79 Å². The highest BCUT2D eigenvalue weighted by Crippen LogP contribution is 2.26. The molecule has 22 heavy (non-hydrogen) atoms. The van der Waals surface area contributed by atoms with Gasteiger partial charge in [0.15, 0.2) is 0 Å². The quantitative estimate of drug-likeness (QED) is 0.421. The number of nitrogens with one attached hydrogen (secondary N) is 1. The Hall–Kier alpha value is -1.34. The molecule has 1 aromatic heterocycles. The first-order chi connectivity index (χ1) is 10.3. The van der Waals surface area contributed by atoms with E-state index in [-0.39, 0.29) is 0 Å². The number of para-hydroxylation sites is 1. The zero-order chi connectivity index (χ0) is 16.3. The van der Waals surface area contributed by atoms with Crippen LogP contribution in [0.3, 0.4) is 0 Å². The summed E-state index contributed by atoms with van der Waals surface area (Å²) >= 11 is 8.16. The van der Waals surface area contributed by atoms with Crippen molar-refractivity contribution in [3.63, 3.8) is 0 Å². The van der Waals surface area contributed by atoms with Crippen LogP contribution in [0, 0.1) is 3.57 Å². The van der Waals surface area contributed by atoms with Crippen LogP contribution in [-0.4, -0.2) is 16.6 Å². The van der Waals surface area contributed by atoms with E-state index < -0.39 is 11.6 Å². The molecule has 0 saturated carbocycles. The van der Waals surface area contributed by atoms with Crippen molar-refractivity contribution in [3.8, 4) is 0 Å². The lowest BCUT2D eigenvalue weighted by molar-refractivity contribution is 0.00704. The Morgan fingerprint density at radius 2 is 1.91 bits per heavy atom. The van der Waals surface area contributed by atoms with Gasteiger partial charge in [0, 0.05) is 3.57 Å². The lowest BCUT2D eigenvalue weighted by Gasteiger charge is -2.20. The van der Waals surface area contributed by atoms with Crippen LogP contribution in [0.5, 0.6) is 0 Å². The molecule has 0 unspecified atom stereocenters. The fourth-order valence-electron chi connectivity index (χ4n) is 1.72. The molecule has 0 saturated heterocycles. The molecule has 0 radical (unpaired) electrons. The molecule has 0 aliphatic carbocycles. The van der Waals surface area contributed by atoms with E-state index in [0.29, 0.717) is 16.5 Å². The molecule has 1 aromatic carbocycles. The van der Waals surface area contributed by atoms with E-state index in [4.69, 9.17) is 16.3 Å². The largest absolute Gasteiger partial charge is 0.456 e. The molecule has 1 N–H and O–H groups in total. The number of ether oxygens (including phenoxy) is 1. The molecule has 0 fully saturated rings. The zero-order valence-electron chi connectivity index (χ0n) is 12.5. The first-order valence-corrected chi connectivity index (χ1v) is 8.13. The number of benzene rings is 1. The maximum Gasteiger partial charge on any atom is 0.342 e. The second-order valence-corrected chi connectivity index (χ2v) is 7.19. The van der Waals surface area contributed by atoms with Gasteiger partial charge in [-0.25, -0.2) is 9.78 Å². The lowest BCUT2D eigenvalue weighted by atomic mass is 10.2. The van der Waals surface area contributed by atoms with Gasteiger partial charge >= 0.3 is 5.97 Å². The average molecular weight is 431 g/mol. The predicted molar refractivity (Wildman–Crippen MR) is 96.9 cm³/mol. The minimum Gasteiger partial charge on any atom is -0.456 e. The van der Waals surface area contributed by atoms with Crippen molar-refractivity contribution >= 4 is 51.7 Å². The monoisotopic (exact) mass is 430 g/mol. The maximum absolute atomic E-state index is 12.3. The Morgan fingerprint density at radius 1 is 1.23 bits per heavy atom. The summed E-state index contributed by atoms with van der Waals surface area (Å²) in [5.41, 5.74) is 0.622. The average Bonchev–Trinajstić information content (AvgIpc) is 2.39. The van der Waals surface area contributed by atoms with E-state index >= 15 is 0 Å². The highest BCUT2D eigenvalue weighted by atomic mass is 127. The second kappa shape index (κ2) is 6.83. The summed E-state index contributed by atoms with van der Waals surface area (Å²) in [5.74, 6) is -0.0593. The fraction of sp³-hybridized carbons (Fsp3) is 0.250. The Labute approximate surface area is 148 Å². The lowest BCUT2D eigenvalue weighted by Crippen LogP contribution is -2.24. The van der Waals surface area contributed by atoms with Crippen molar-refractivity contribution in [1.29, 1.82) is 0 Å². The third-order valence-corrected chi connectivity index (χ3v) is 3.76. The molecule has 0 aliphatic rings. The van der Waals surface area contributed by atoms with E-state index in [1.807, 2.05) is 45.0 Å².